The molecule has 8 heavy (non-hydrogen) atoms. The monoisotopic (exact) mass is 129 g/mol. The van der Waals surface area contributed by atoms with Crippen molar-refractivity contribution >= 4 is 17.7 Å². The molecule has 0 radical (unpaired) electrons. The van der Waals surface area contributed by atoms with Gasteiger partial charge in [-0.1, -0.05) is 23.3 Å². The molecule has 0 N–H and O–H groups in total. The van der Waals surface area contributed by atoms with E-state index < -0.39 is 0 Å². The highest BCUT2D eigenvalue weighted by molar-refractivity contribution is 6.31. The Kier molecular flexibility index (Phi) is 1.35. The highest BCUT2D eigenvalue weighted by atomic mass is 35.5. The van der Waals surface area contributed by atoms with Crippen LogP contribution in [-0.2, 0) is 0 Å². The first kappa shape index (κ1) is 5.38. The zero-order valence-corrected chi connectivity index (χ0v) is 4.85. The molecule has 2 nitrogen and oxygen atoms in total. The van der Waals surface area contributed by atoms with E-state index >= 15 is 0 Å². The van der Waals surface area contributed by atoms with Gasteiger partial charge >= 0.3 is 0 Å². The first-order chi connectivity index (χ1) is 3.84. The van der Waals surface area contributed by atoms with Crippen LogP contribution in [0.1, 0.15) is 5.69 Å². The van der Waals surface area contributed by atoms with Crippen molar-refractivity contribution in [3.05, 3.63) is 23.6 Å². The van der Waals surface area contributed by atoms with Crippen molar-refractivity contribution in [2.24, 2.45) is 0 Å². The average Bonchev–Trinajstić information content (AvgIpc) is 2.14. The molecule has 1 heterocycles. The molecule has 0 unspecified atom stereocenters. The van der Waals surface area contributed by atoms with Crippen LogP contribution in [-0.4, -0.2) is 5.16 Å². The fraction of sp³-hybridized carbons (Fsp3) is 0. The van der Waals surface area contributed by atoms with Gasteiger partial charge in [-0.3, -0.25) is 0 Å². The molecule has 0 aliphatic carbocycles. The minimum atomic E-state index is 0.500. The van der Waals surface area contributed by atoms with Crippen LogP contribution < -0.4 is 0 Å². The molecule has 0 fully saturated rings. The second-order valence-corrected chi connectivity index (χ2v) is 1.66. The molecule has 0 bridgehead atoms. The Morgan fingerprint density at radius 1 is 1.88 bits per heavy atom. The third-order valence-electron chi connectivity index (χ3n) is 0.745. The number of aromatic nitrogens is 1. The molecule has 0 amide bonds. The number of halogens is 1. The third kappa shape index (κ3) is 0.746. The van der Waals surface area contributed by atoms with Gasteiger partial charge in [0.15, 0.2) is 0 Å². The molecule has 0 saturated heterocycles. The molecule has 42 valence electrons. The van der Waals surface area contributed by atoms with Crippen molar-refractivity contribution in [1.82, 2.24) is 5.16 Å². The third-order valence-corrected chi connectivity index (χ3v) is 1.03. The van der Waals surface area contributed by atoms with Gasteiger partial charge in [0.1, 0.15) is 17.0 Å². The van der Waals surface area contributed by atoms with E-state index in [-0.39, 0.29) is 0 Å². The van der Waals surface area contributed by atoms with Crippen molar-refractivity contribution in [2.45, 2.75) is 0 Å². The van der Waals surface area contributed by atoms with Crippen LogP contribution in [0.5, 0.6) is 0 Å². The fourth-order valence-electron chi connectivity index (χ4n) is 0.368. The van der Waals surface area contributed by atoms with Crippen LogP contribution in [0.2, 0.25) is 5.02 Å². The SMILES string of the molecule is C=Cc1nocc1Cl. The van der Waals surface area contributed by atoms with E-state index in [1.807, 2.05) is 0 Å². The second kappa shape index (κ2) is 2.01. The molecule has 0 spiro atoms. The zero-order valence-electron chi connectivity index (χ0n) is 4.10. The number of hydrogen-bond acceptors (Lipinski definition) is 2. The Balaban J connectivity index is 3.09. The van der Waals surface area contributed by atoms with E-state index in [2.05, 4.69) is 16.3 Å². The van der Waals surface area contributed by atoms with Crippen molar-refractivity contribution in [1.29, 1.82) is 0 Å². The summed E-state index contributed by atoms with van der Waals surface area (Å²) < 4.78 is 4.48. The lowest BCUT2D eigenvalue weighted by molar-refractivity contribution is 0.418. The maximum absolute atomic E-state index is 5.51. The van der Waals surface area contributed by atoms with Crippen LogP contribution in [0.15, 0.2) is 17.4 Å². The Morgan fingerprint density at radius 3 is 2.88 bits per heavy atom. The summed E-state index contributed by atoms with van der Waals surface area (Å²) in [6.07, 6.45) is 2.89. The van der Waals surface area contributed by atoms with E-state index in [0.29, 0.717) is 10.7 Å². The van der Waals surface area contributed by atoms with Crippen molar-refractivity contribution < 1.29 is 4.52 Å². The molecule has 0 atom stereocenters. The van der Waals surface area contributed by atoms with Crippen molar-refractivity contribution in [2.75, 3.05) is 0 Å². The largest absolute Gasteiger partial charge is 0.363 e. The number of nitrogens with zero attached hydrogens (tertiary/aromatic N) is 1. The predicted molar refractivity (Wildman–Crippen MR) is 31.6 cm³/mol. The molecule has 0 aliphatic heterocycles. The smallest absolute Gasteiger partial charge is 0.143 e. The molecule has 3 heteroatoms. The Bertz CT molecular complexity index is 194. The Labute approximate surface area is 51.7 Å². The summed E-state index contributed by atoms with van der Waals surface area (Å²) in [6, 6.07) is 0. The van der Waals surface area contributed by atoms with E-state index in [0.717, 1.165) is 0 Å². The van der Waals surface area contributed by atoms with E-state index in [4.69, 9.17) is 11.6 Å². The lowest BCUT2D eigenvalue weighted by atomic mass is 10.4. The summed E-state index contributed by atoms with van der Waals surface area (Å²) in [5, 5.41) is 4.01. The van der Waals surface area contributed by atoms with Crippen LogP contribution >= 0.6 is 11.6 Å². The molecule has 1 aromatic rings. The molecule has 1 aromatic heterocycles. The predicted octanol–water partition coefficient (Wildman–Crippen LogP) is 1.97. The maximum atomic E-state index is 5.51. The number of hydrogen-bond donors (Lipinski definition) is 0. The lowest BCUT2D eigenvalue weighted by Gasteiger charge is -1.74. The molecule has 0 aliphatic rings. The van der Waals surface area contributed by atoms with E-state index in [1.54, 1.807) is 0 Å². The summed E-state index contributed by atoms with van der Waals surface area (Å²) in [5.74, 6) is 0. The summed E-state index contributed by atoms with van der Waals surface area (Å²) in [7, 11) is 0. The van der Waals surface area contributed by atoms with Crippen molar-refractivity contribution in [3.63, 3.8) is 0 Å². The molecular weight excluding hydrogens is 126 g/mol. The van der Waals surface area contributed by atoms with Gasteiger partial charge in [-0.05, 0) is 6.08 Å². The average molecular weight is 130 g/mol. The highest BCUT2D eigenvalue weighted by Crippen LogP contribution is 2.13. The van der Waals surface area contributed by atoms with E-state index in [9.17, 15) is 0 Å². The maximum Gasteiger partial charge on any atom is 0.143 e. The van der Waals surface area contributed by atoms with Crippen LogP contribution in [0.25, 0.3) is 6.08 Å². The highest BCUT2D eigenvalue weighted by Gasteiger charge is 1.96. The van der Waals surface area contributed by atoms with Gasteiger partial charge in [0.25, 0.3) is 0 Å². The Morgan fingerprint density at radius 2 is 2.62 bits per heavy atom. The standard InChI is InChI=1S/C5H4ClNO/c1-2-5-4(6)3-8-7-5/h2-3H,1H2. The minimum absolute atomic E-state index is 0.500. The Hall–Kier alpha value is -0.760. The summed E-state index contributed by atoms with van der Waals surface area (Å²) in [6.45, 7) is 3.46. The second-order valence-electron chi connectivity index (χ2n) is 1.25. The quantitative estimate of drug-likeness (QED) is 0.580. The van der Waals surface area contributed by atoms with Crippen LogP contribution in [0.3, 0.4) is 0 Å². The normalized spacial score (nSPS) is 9.12. The van der Waals surface area contributed by atoms with Gasteiger partial charge in [-0.2, -0.15) is 0 Å². The summed E-state index contributed by atoms with van der Waals surface area (Å²) in [5.41, 5.74) is 0.590. The molecule has 0 aromatic carbocycles. The van der Waals surface area contributed by atoms with Gasteiger partial charge in [0.05, 0.1) is 0 Å². The van der Waals surface area contributed by atoms with Gasteiger partial charge < -0.3 is 4.52 Å². The van der Waals surface area contributed by atoms with Gasteiger partial charge in [-0.25, -0.2) is 0 Å². The van der Waals surface area contributed by atoms with Gasteiger partial charge in [0, 0.05) is 0 Å². The zero-order chi connectivity index (χ0) is 5.98. The van der Waals surface area contributed by atoms with Gasteiger partial charge in [-0.15, -0.1) is 0 Å². The first-order valence-corrected chi connectivity index (χ1v) is 2.44. The molecule has 1 rings (SSSR count). The van der Waals surface area contributed by atoms with Crippen LogP contribution in [0.4, 0.5) is 0 Å². The van der Waals surface area contributed by atoms with E-state index in [1.165, 1.54) is 12.3 Å². The minimum Gasteiger partial charge on any atom is -0.363 e. The number of rotatable bonds is 1. The van der Waals surface area contributed by atoms with Crippen molar-refractivity contribution in [3.8, 4) is 0 Å². The van der Waals surface area contributed by atoms with Crippen LogP contribution in [0, 0.1) is 0 Å². The van der Waals surface area contributed by atoms with Gasteiger partial charge in [0.2, 0.25) is 0 Å². The fourth-order valence-corrected chi connectivity index (χ4v) is 0.520. The first-order valence-electron chi connectivity index (χ1n) is 2.07. The lowest BCUT2D eigenvalue weighted by Crippen LogP contribution is -1.65. The topological polar surface area (TPSA) is 26.0 Å². The summed E-state index contributed by atoms with van der Waals surface area (Å²) >= 11 is 5.51. The summed E-state index contributed by atoms with van der Waals surface area (Å²) in [4.78, 5) is 0. The molecule has 0 saturated carbocycles. The molecular formula is C5H4ClNO.